The summed E-state index contributed by atoms with van der Waals surface area (Å²) in [5.74, 6) is -0.0995. The molecule has 0 saturated carbocycles. The first kappa shape index (κ1) is 15.1. The Balaban J connectivity index is 2.52. The number of aromatic nitrogens is 1. The number of anilines is 1. The van der Waals surface area contributed by atoms with Crippen molar-refractivity contribution in [2.24, 2.45) is 0 Å². The van der Waals surface area contributed by atoms with Crippen molar-refractivity contribution in [3.05, 3.63) is 33.1 Å². The van der Waals surface area contributed by atoms with Crippen LogP contribution in [-0.4, -0.2) is 23.4 Å². The van der Waals surface area contributed by atoms with Crippen molar-refractivity contribution in [3.8, 4) is 5.69 Å². The van der Waals surface area contributed by atoms with E-state index in [1.165, 1.54) is 11.3 Å². The Labute approximate surface area is 130 Å². The Morgan fingerprint density at radius 3 is 2.95 bits per heavy atom. The van der Waals surface area contributed by atoms with E-state index in [0.717, 1.165) is 10.6 Å². The largest absolute Gasteiger partial charge is 0.462 e. The summed E-state index contributed by atoms with van der Waals surface area (Å²) in [5, 5.41) is 0. The quantitative estimate of drug-likeness (QED) is 0.527. The summed E-state index contributed by atoms with van der Waals surface area (Å²) in [6.07, 6.45) is 2.00. The third-order valence-corrected chi connectivity index (χ3v) is 4.71. The molecule has 0 aliphatic carbocycles. The van der Waals surface area contributed by atoms with Crippen molar-refractivity contribution >= 4 is 47.1 Å². The van der Waals surface area contributed by atoms with Crippen LogP contribution in [0, 0.1) is 3.95 Å². The second-order valence-electron chi connectivity index (χ2n) is 3.84. The molecular formula is C13H14N2O2S3. The molecule has 0 aliphatic rings. The molecule has 4 nitrogen and oxygen atoms in total. The average Bonchev–Trinajstić information content (AvgIpc) is 2.74. The van der Waals surface area contributed by atoms with Crippen LogP contribution in [0.5, 0.6) is 0 Å². The first-order valence-corrected chi connectivity index (χ1v) is 8.36. The predicted octanol–water partition coefficient (Wildman–Crippen LogP) is 3.75. The molecule has 1 aromatic carbocycles. The molecule has 0 amide bonds. The molecule has 0 atom stereocenters. The van der Waals surface area contributed by atoms with Crippen LogP contribution >= 0.6 is 35.3 Å². The van der Waals surface area contributed by atoms with Crippen LogP contribution in [0.4, 0.5) is 5.82 Å². The van der Waals surface area contributed by atoms with Gasteiger partial charge in [-0.15, -0.1) is 11.8 Å². The van der Waals surface area contributed by atoms with E-state index in [1.807, 2.05) is 30.5 Å². The highest BCUT2D eigenvalue weighted by molar-refractivity contribution is 7.98. The van der Waals surface area contributed by atoms with Gasteiger partial charge in [-0.05, 0) is 43.6 Å². The van der Waals surface area contributed by atoms with Crippen molar-refractivity contribution in [2.75, 3.05) is 18.6 Å². The molecule has 0 fully saturated rings. The molecule has 1 heterocycles. The average molecular weight is 326 g/mol. The third-order valence-electron chi connectivity index (χ3n) is 2.62. The summed E-state index contributed by atoms with van der Waals surface area (Å²) in [7, 11) is 0. The van der Waals surface area contributed by atoms with E-state index >= 15 is 0 Å². The number of carbonyl (C=O) groups is 1. The fourth-order valence-electron chi connectivity index (χ4n) is 1.72. The predicted molar refractivity (Wildman–Crippen MR) is 86.6 cm³/mol. The number of nitrogen functional groups attached to an aromatic ring is 1. The van der Waals surface area contributed by atoms with Crippen molar-refractivity contribution in [3.63, 3.8) is 0 Å². The van der Waals surface area contributed by atoms with Crippen LogP contribution in [0.3, 0.4) is 0 Å². The maximum atomic E-state index is 11.8. The number of thioether (sulfide) groups is 1. The molecule has 1 aromatic heterocycles. The van der Waals surface area contributed by atoms with Gasteiger partial charge in [-0.3, -0.25) is 4.57 Å². The van der Waals surface area contributed by atoms with Gasteiger partial charge in [-0.2, -0.15) is 0 Å². The van der Waals surface area contributed by atoms with Crippen molar-refractivity contribution in [1.29, 1.82) is 0 Å². The number of esters is 1. The summed E-state index contributed by atoms with van der Waals surface area (Å²) in [6, 6.07) is 7.84. The van der Waals surface area contributed by atoms with Gasteiger partial charge in [0.1, 0.15) is 5.82 Å². The standard InChI is InChI=1S/C13H14N2O2S3/c1-3-17-12(16)10-11(14)15(13(18)20-10)8-5-4-6-9(7-8)19-2/h4-7H,3,14H2,1-2H3. The van der Waals surface area contributed by atoms with E-state index < -0.39 is 5.97 Å². The third kappa shape index (κ3) is 2.89. The number of nitrogens with two attached hydrogens (primary N) is 1. The van der Waals surface area contributed by atoms with Crippen LogP contribution in [0.1, 0.15) is 16.6 Å². The van der Waals surface area contributed by atoms with Gasteiger partial charge < -0.3 is 10.5 Å². The van der Waals surface area contributed by atoms with E-state index in [0.29, 0.717) is 21.3 Å². The van der Waals surface area contributed by atoms with Crippen molar-refractivity contribution < 1.29 is 9.53 Å². The second kappa shape index (κ2) is 6.43. The van der Waals surface area contributed by atoms with Crippen molar-refractivity contribution in [1.82, 2.24) is 4.57 Å². The lowest BCUT2D eigenvalue weighted by Gasteiger charge is -2.07. The van der Waals surface area contributed by atoms with E-state index in [4.69, 9.17) is 22.7 Å². The molecular weight excluding hydrogens is 312 g/mol. The van der Waals surface area contributed by atoms with Crippen LogP contribution in [0.25, 0.3) is 5.69 Å². The highest BCUT2D eigenvalue weighted by Crippen LogP contribution is 2.28. The first-order chi connectivity index (χ1) is 9.58. The summed E-state index contributed by atoms with van der Waals surface area (Å²) in [4.78, 5) is 13.3. The Morgan fingerprint density at radius 1 is 1.55 bits per heavy atom. The molecule has 2 N–H and O–H groups in total. The number of carbonyl (C=O) groups excluding carboxylic acids is 1. The highest BCUT2D eigenvalue weighted by Gasteiger charge is 2.19. The van der Waals surface area contributed by atoms with E-state index in [2.05, 4.69) is 0 Å². The number of hydrogen-bond donors (Lipinski definition) is 1. The Bertz CT molecular complexity index is 691. The van der Waals surface area contributed by atoms with Crippen LogP contribution in [-0.2, 0) is 4.74 Å². The summed E-state index contributed by atoms with van der Waals surface area (Å²) in [6.45, 7) is 2.07. The fraction of sp³-hybridized carbons (Fsp3) is 0.231. The maximum absolute atomic E-state index is 11.8. The van der Waals surface area contributed by atoms with Gasteiger partial charge in [0.05, 0.1) is 12.3 Å². The number of hydrogen-bond acceptors (Lipinski definition) is 6. The van der Waals surface area contributed by atoms with Gasteiger partial charge in [0.15, 0.2) is 8.83 Å². The molecule has 20 heavy (non-hydrogen) atoms. The lowest BCUT2D eigenvalue weighted by Crippen LogP contribution is -2.08. The molecule has 106 valence electrons. The first-order valence-electron chi connectivity index (χ1n) is 5.91. The minimum atomic E-state index is -0.430. The minimum absolute atomic E-state index is 0.310. The van der Waals surface area contributed by atoms with E-state index in [-0.39, 0.29) is 0 Å². The van der Waals surface area contributed by atoms with Gasteiger partial charge >= 0.3 is 5.97 Å². The summed E-state index contributed by atoms with van der Waals surface area (Å²) >= 11 is 8.12. The molecule has 0 saturated heterocycles. The van der Waals surface area contributed by atoms with Gasteiger partial charge in [-0.1, -0.05) is 17.4 Å². The summed E-state index contributed by atoms with van der Waals surface area (Å²) < 4.78 is 7.22. The van der Waals surface area contributed by atoms with E-state index in [1.54, 1.807) is 23.3 Å². The Morgan fingerprint density at radius 2 is 2.30 bits per heavy atom. The Kier molecular flexibility index (Phi) is 4.85. The SMILES string of the molecule is CCOC(=O)c1sc(=S)n(-c2cccc(SC)c2)c1N. The second-order valence-corrected chi connectivity index (χ2v) is 6.36. The lowest BCUT2D eigenvalue weighted by atomic mass is 10.3. The zero-order valence-corrected chi connectivity index (χ0v) is 13.5. The zero-order chi connectivity index (χ0) is 14.7. The highest BCUT2D eigenvalue weighted by atomic mass is 32.2. The monoisotopic (exact) mass is 326 g/mol. The molecule has 0 unspecified atom stereocenters. The number of thiazole rings is 1. The van der Waals surface area contributed by atoms with Gasteiger partial charge in [-0.25, -0.2) is 4.79 Å². The fourth-order valence-corrected chi connectivity index (χ4v) is 3.44. The molecule has 0 aliphatic heterocycles. The van der Waals surface area contributed by atoms with Crippen LogP contribution in [0.2, 0.25) is 0 Å². The number of benzene rings is 1. The maximum Gasteiger partial charge on any atom is 0.352 e. The molecule has 7 heteroatoms. The molecule has 0 spiro atoms. The zero-order valence-electron chi connectivity index (χ0n) is 11.1. The lowest BCUT2D eigenvalue weighted by molar-refractivity contribution is 0.0533. The molecule has 0 bridgehead atoms. The van der Waals surface area contributed by atoms with Gasteiger partial charge in [0.25, 0.3) is 0 Å². The summed E-state index contributed by atoms with van der Waals surface area (Å²) in [5.41, 5.74) is 6.91. The van der Waals surface area contributed by atoms with Crippen LogP contribution in [0.15, 0.2) is 29.2 Å². The molecule has 2 rings (SSSR count). The molecule has 2 aromatic rings. The molecule has 0 radical (unpaired) electrons. The Hall–Kier alpha value is -1.31. The smallest absolute Gasteiger partial charge is 0.352 e. The minimum Gasteiger partial charge on any atom is -0.462 e. The number of ether oxygens (including phenoxy) is 1. The normalized spacial score (nSPS) is 10.5. The van der Waals surface area contributed by atoms with E-state index in [9.17, 15) is 4.79 Å². The number of rotatable bonds is 4. The van der Waals surface area contributed by atoms with Crippen LogP contribution < -0.4 is 5.73 Å². The van der Waals surface area contributed by atoms with Crippen molar-refractivity contribution in [2.45, 2.75) is 11.8 Å². The topological polar surface area (TPSA) is 57.2 Å². The van der Waals surface area contributed by atoms with Gasteiger partial charge in [0, 0.05) is 4.90 Å². The number of nitrogens with zero attached hydrogens (tertiary/aromatic N) is 1. The van der Waals surface area contributed by atoms with Gasteiger partial charge in [0.2, 0.25) is 0 Å².